The molecule has 0 radical (unpaired) electrons. The van der Waals surface area contributed by atoms with Crippen molar-refractivity contribution in [3.8, 4) is 0 Å². The number of hydrogen-bond donors (Lipinski definition) is 2. The summed E-state index contributed by atoms with van der Waals surface area (Å²) in [6, 6.07) is 2.05. The van der Waals surface area contributed by atoms with Gasteiger partial charge in [-0.2, -0.15) is 11.3 Å². The third-order valence-corrected chi connectivity index (χ3v) is 4.28. The number of aromatic nitrogens is 1. The average Bonchev–Trinajstić information content (AvgIpc) is 2.83. The molecule has 0 fully saturated rings. The standard InChI is InChI=1S/C10H9N3OS2/c11-10-13-9-8(16-10)6(3-7(14)12-9)5-1-2-15-4-5/h1-2,4,6H,3H2,(H2,11,13)(H,12,14)/t6-/m1/s1. The Balaban J connectivity index is 2.10. The van der Waals surface area contributed by atoms with E-state index in [9.17, 15) is 4.79 Å². The second-order valence-corrected chi connectivity index (χ2v) is 5.47. The molecule has 0 unspecified atom stereocenters. The predicted molar refractivity (Wildman–Crippen MR) is 65.9 cm³/mol. The first-order valence-corrected chi connectivity index (χ1v) is 6.58. The molecule has 3 rings (SSSR count). The number of carbonyl (C=O) groups is 1. The van der Waals surface area contributed by atoms with Crippen molar-refractivity contribution in [1.82, 2.24) is 4.98 Å². The van der Waals surface area contributed by atoms with Gasteiger partial charge in [-0.15, -0.1) is 0 Å². The van der Waals surface area contributed by atoms with E-state index >= 15 is 0 Å². The van der Waals surface area contributed by atoms with E-state index in [0.717, 1.165) is 4.88 Å². The van der Waals surface area contributed by atoms with Crippen LogP contribution in [0.4, 0.5) is 10.9 Å². The largest absolute Gasteiger partial charge is 0.375 e. The van der Waals surface area contributed by atoms with E-state index in [2.05, 4.69) is 15.7 Å². The Morgan fingerprint density at radius 1 is 1.56 bits per heavy atom. The Morgan fingerprint density at radius 3 is 3.19 bits per heavy atom. The highest BCUT2D eigenvalue weighted by molar-refractivity contribution is 7.16. The average molecular weight is 251 g/mol. The van der Waals surface area contributed by atoms with Gasteiger partial charge in [-0.1, -0.05) is 11.3 Å². The lowest BCUT2D eigenvalue weighted by molar-refractivity contribution is -0.116. The van der Waals surface area contributed by atoms with Crippen LogP contribution in [0.15, 0.2) is 16.8 Å². The van der Waals surface area contributed by atoms with Gasteiger partial charge in [0.1, 0.15) is 5.82 Å². The third kappa shape index (κ3) is 1.50. The summed E-state index contributed by atoms with van der Waals surface area (Å²) in [4.78, 5) is 16.8. The van der Waals surface area contributed by atoms with E-state index in [1.165, 1.54) is 16.9 Å². The fourth-order valence-electron chi connectivity index (χ4n) is 1.88. The molecule has 82 valence electrons. The molecule has 0 bridgehead atoms. The zero-order valence-electron chi connectivity index (χ0n) is 8.27. The number of nitrogens with two attached hydrogens (primary N) is 1. The summed E-state index contributed by atoms with van der Waals surface area (Å²) in [6.07, 6.45) is 0.478. The maximum Gasteiger partial charge on any atom is 0.226 e. The molecule has 16 heavy (non-hydrogen) atoms. The van der Waals surface area contributed by atoms with Gasteiger partial charge in [-0.05, 0) is 22.4 Å². The lowest BCUT2D eigenvalue weighted by Crippen LogP contribution is -2.22. The van der Waals surface area contributed by atoms with Gasteiger partial charge in [-0.25, -0.2) is 4.98 Å². The van der Waals surface area contributed by atoms with Crippen LogP contribution in [0.1, 0.15) is 22.8 Å². The fraction of sp³-hybridized carbons (Fsp3) is 0.200. The van der Waals surface area contributed by atoms with Crippen LogP contribution in [-0.4, -0.2) is 10.9 Å². The number of anilines is 2. The zero-order chi connectivity index (χ0) is 11.1. The van der Waals surface area contributed by atoms with Gasteiger partial charge in [0.15, 0.2) is 5.13 Å². The first kappa shape index (κ1) is 9.80. The van der Waals surface area contributed by atoms with Crippen molar-refractivity contribution in [2.45, 2.75) is 12.3 Å². The van der Waals surface area contributed by atoms with E-state index < -0.39 is 0 Å². The Morgan fingerprint density at radius 2 is 2.44 bits per heavy atom. The molecule has 0 aromatic carbocycles. The lowest BCUT2D eigenvalue weighted by atomic mass is 9.94. The van der Waals surface area contributed by atoms with Crippen molar-refractivity contribution >= 4 is 39.5 Å². The maximum atomic E-state index is 11.6. The van der Waals surface area contributed by atoms with E-state index in [0.29, 0.717) is 17.4 Å². The number of carbonyl (C=O) groups excluding carboxylic acids is 1. The summed E-state index contributed by atoms with van der Waals surface area (Å²) in [5.74, 6) is 0.758. The number of thiophene rings is 1. The number of thiazole rings is 1. The Bertz CT molecular complexity index is 532. The number of rotatable bonds is 1. The summed E-state index contributed by atoms with van der Waals surface area (Å²) in [5, 5.41) is 7.36. The number of nitrogen functional groups attached to an aromatic ring is 1. The lowest BCUT2D eigenvalue weighted by Gasteiger charge is -2.20. The minimum absolute atomic E-state index is 0.00833. The van der Waals surface area contributed by atoms with Crippen LogP contribution in [0, 0.1) is 0 Å². The van der Waals surface area contributed by atoms with Gasteiger partial charge in [0, 0.05) is 12.3 Å². The topological polar surface area (TPSA) is 68.0 Å². The molecule has 1 aliphatic heterocycles. The Labute approximate surface area is 100 Å². The molecular weight excluding hydrogens is 242 g/mol. The number of fused-ring (bicyclic) bond motifs is 1. The molecule has 0 saturated carbocycles. The quantitative estimate of drug-likeness (QED) is 0.817. The molecule has 0 saturated heterocycles. The van der Waals surface area contributed by atoms with Crippen molar-refractivity contribution in [2.24, 2.45) is 0 Å². The Hall–Kier alpha value is -1.40. The number of nitrogens with one attached hydrogen (secondary N) is 1. The summed E-state index contributed by atoms with van der Waals surface area (Å²) < 4.78 is 0. The van der Waals surface area contributed by atoms with Crippen LogP contribution in [0.2, 0.25) is 0 Å². The molecule has 3 N–H and O–H groups in total. The molecule has 0 aliphatic carbocycles. The highest BCUT2D eigenvalue weighted by Crippen LogP contribution is 2.41. The summed E-state index contributed by atoms with van der Waals surface area (Å²) in [6.45, 7) is 0. The molecule has 1 amide bonds. The van der Waals surface area contributed by atoms with Crippen molar-refractivity contribution in [1.29, 1.82) is 0 Å². The Kier molecular flexibility index (Phi) is 2.19. The molecular formula is C10H9N3OS2. The molecule has 3 heterocycles. The van der Waals surface area contributed by atoms with Crippen molar-refractivity contribution in [2.75, 3.05) is 11.1 Å². The second kappa shape index (κ2) is 3.57. The third-order valence-electron chi connectivity index (χ3n) is 2.58. The molecule has 1 atom stereocenters. The van der Waals surface area contributed by atoms with Gasteiger partial charge in [0.25, 0.3) is 0 Å². The number of nitrogens with zero attached hydrogens (tertiary/aromatic N) is 1. The summed E-state index contributed by atoms with van der Waals surface area (Å²) >= 11 is 3.09. The van der Waals surface area contributed by atoms with Crippen LogP contribution in [0.3, 0.4) is 0 Å². The first-order valence-electron chi connectivity index (χ1n) is 4.82. The summed E-state index contributed by atoms with van der Waals surface area (Å²) in [7, 11) is 0. The normalized spacial score (nSPS) is 19.2. The van der Waals surface area contributed by atoms with Gasteiger partial charge < -0.3 is 11.1 Å². The van der Waals surface area contributed by atoms with E-state index in [1.807, 2.05) is 11.4 Å². The van der Waals surface area contributed by atoms with Gasteiger partial charge in [0.2, 0.25) is 5.91 Å². The molecule has 0 spiro atoms. The first-order chi connectivity index (χ1) is 7.74. The number of hydrogen-bond acceptors (Lipinski definition) is 5. The predicted octanol–water partition coefficient (Wildman–Crippen LogP) is 2.26. The van der Waals surface area contributed by atoms with Crippen LogP contribution >= 0.6 is 22.7 Å². The van der Waals surface area contributed by atoms with Crippen molar-refractivity contribution < 1.29 is 4.79 Å². The van der Waals surface area contributed by atoms with Gasteiger partial charge >= 0.3 is 0 Å². The van der Waals surface area contributed by atoms with Crippen LogP contribution in [0.5, 0.6) is 0 Å². The van der Waals surface area contributed by atoms with Gasteiger partial charge in [-0.3, -0.25) is 4.79 Å². The maximum absolute atomic E-state index is 11.6. The SMILES string of the molecule is Nc1nc2c(s1)[C@@H](c1ccsc1)CC(=O)N2. The molecule has 4 nitrogen and oxygen atoms in total. The second-order valence-electron chi connectivity index (χ2n) is 3.63. The van der Waals surface area contributed by atoms with Crippen LogP contribution in [-0.2, 0) is 4.79 Å². The van der Waals surface area contributed by atoms with Gasteiger partial charge in [0.05, 0.1) is 4.88 Å². The minimum atomic E-state index is 0.00833. The molecule has 1 aliphatic rings. The highest BCUT2D eigenvalue weighted by Gasteiger charge is 2.29. The van der Waals surface area contributed by atoms with E-state index in [-0.39, 0.29) is 11.8 Å². The van der Waals surface area contributed by atoms with Crippen LogP contribution < -0.4 is 11.1 Å². The van der Waals surface area contributed by atoms with Crippen molar-refractivity contribution in [3.63, 3.8) is 0 Å². The van der Waals surface area contributed by atoms with Crippen molar-refractivity contribution in [3.05, 3.63) is 27.3 Å². The monoisotopic (exact) mass is 251 g/mol. The smallest absolute Gasteiger partial charge is 0.226 e. The van der Waals surface area contributed by atoms with E-state index in [4.69, 9.17) is 5.73 Å². The minimum Gasteiger partial charge on any atom is -0.375 e. The zero-order valence-corrected chi connectivity index (χ0v) is 9.90. The number of amides is 1. The highest BCUT2D eigenvalue weighted by atomic mass is 32.1. The summed E-state index contributed by atoms with van der Waals surface area (Å²) in [5.41, 5.74) is 6.85. The molecule has 2 aromatic heterocycles. The fourth-order valence-corrected chi connectivity index (χ4v) is 3.51. The van der Waals surface area contributed by atoms with E-state index in [1.54, 1.807) is 11.3 Å². The van der Waals surface area contributed by atoms with Crippen LogP contribution in [0.25, 0.3) is 0 Å². The molecule has 6 heteroatoms. The molecule has 2 aromatic rings.